The second-order valence-corrected chi connectivity index (χ2v) is 5.42. The number of likely N-dealkylation sites (tertiary alicyclic amines) is 1. The normalized spacial score (nSPS) is 18.2. The largest absolute Gasteiger partial charge is 0.497 e. The molecule has 1 N–H and O–H groups in total. The molecule has 1 aromatic rings. The van der Waals surface area contributed by atoms with E-state index in [1.165, 1.54) is 0 Å². The Balaban J connectivity index is 1.97. The quantitative estimate of drug-likeness (QED) is 0.841. The molecular weight excluding hydrogens is 270 g/mol. The molecular formula is C16H21NO4. The number of benzene rings is 1. The number of carbonyl (C=O) groups excluding carboxylic acids is 1. The third kappa shape index (κ3) is 3.61. The van der Waals surface area contributed by atoms with Crippen molar-refractivity contribution in [1.29, 1.82) is 0 Å². The fraction of sp³-hybridized carbons (Fsp3) is 0.500. The molecule has 1 aliphatic rings. The summed E-state index contributed by atoms with van der Waals surface area (Å²) in [5.74, 6) is -0.221. The molecule has 1 saturated heterocycles. The van der Waals surface area contributed by atoms with Crippen LogP contribution in [0, 0.1) is 5.92 Å². The van der Waals surface area contributed by atoms with Crippen molar-refractivity contribution in [3.8, 4) is 5.75 Å². The Labute approximate surface area is 124 Å². The Morgan fingerprint density at radius 1 is 1.24 bits per heavy atom. The number of piperidine rings is 1. The molecule has 0 aliphatic carbocycles. The maximum Gasteiger partial charge on any atom is 0.306 e. The molecule has 1 atom stereocenters. The van der Waals surface area contributed by atoms with E-state index in [1.54, 1.807) is 31.4 Å². The van der Waals surface area contributed by atoms with Gasteiger partial charge in [-0.1, -0.05) is 0 Å². The lowest BCUT2D eigenvalue weighted by Gasteiger charge is -2.33. The van der Waals surface area contributed by atoms with Gasteiger partial charge < -0.3 is 9.84 Å². The maximum atomic E-state index is 12.5. The molecule has 21 heavy (non-hydrogen) atoms. The van der Waals surface area contributed by atoms with Gasteiger partial charge in [-0.25, -0.2) is 0 Å². The van der Waals surface area contributed by atoms with E-state index >= 15 is 0 Å². The van der Waals surface area contributed by atoms with Crippen molar-refractivity contribution in [3.63, 3.8) is 0 Å². The summed E-state index contributed by atoms with van der Waals surface area (Å²) in [6.07, 6.45) is 1.21. The predicted octanol–water partition coefficient (Wildman–Crippen LogP) is 2.06. The lowest BCUT2D eigenvalue weighted by atomic mass is 9.94. The maximum absolute atomic E-state index is 12.5. The first-order chi connectivity index (χ1) is 10.0. The summed E-state index contributed by atoms with van der Waals surface area (Å²) in [6, 6.07) is 6.85. The van der Waals surface area contributed by atoms with E-state index in [1.807, 2.05) is 6.92 Å². The summed E-state index contributed by atoms with van der Waals surface area (Å²) in [6.45, 7) is 3.19. The number of ketones is 1. The monoisotopic (exact) mass is 291 g/mol. The van der Waals surface area contributed by atoms with Gasteiger partial charge in [0.1, 0.15) is 5.75 Å². The molecule has 1 heterocycles. The first-order valence-corrected chi connectivity index (χ1v) is 7.18. The Morgan fingerprint density at radius 2 is 1.81 bits per heavy atom. The number of carboxylic acids is 1. The highest BCUT2D eigenvalue weighted by molar-refractivity contribution is 5.99. The van der Waals surface area contributed by atoms with Crippen LogP contribution in [0.15, 0.2) is 24.3 Å². The summed E-state index contributed by atoms with van der Waals surface area (Å²) in [4.78, 5) is 25.5. The Morgan fingerprint density at radius 3 is 2.29 bits per heavy atom. The summed E-state index contributed by atoms with van der Waals surface area (Å²) in [7, 11) is 1.59. The molecule has 1 aromatic carbocycles. The van der Waals surface area contributed by atoms with Crippen molar-refractivity contribution in [3.05, 3.63) is 29.8 Å². The zero-order chi connectivity index (χ0) is 15.4. The van der Waals surface area contributed by atoms with Gasteiger partial charge >= 0.3 is 5.97 Å². The number of aliphatic carboxylic acids is 1. The Kier molecular flexibility index (Phi) is 4.96. The second-order valence-electron chi connectivity index (χ2n) is 5.42. The standard InChI is InChI=1S/C16H21NO4/c1-11(17-9-7-13(8-10-17)16(19)20)15(18)12-3-5-14(21-2)6-4-12/h3-6,11,13H,7-10H2,1-2H3,(H,19,20). The van der Waals surface area contributed by atoms with E-state index in [0.29, 0.717) is 31.5 Å². The molecule has 0 bridgehead atoms. The van der Waals surface area contributed by atoms with Gasteiger partial charge in [0.2, 0.25) is 0 Å². The second kappa shape index (κ2) is 6.72. The van der Waals surface area contributed by atoms with Crippen LogP contribution in [0.5, 0.6) is 5.75 Å². The summed E-state index contributed by atoms with van der Waals surface area (Å²) in [5.41, 5.74) is 0.656. The third-order valence-electron chi connectivity index (χ3n) is 4.18. The van der Waals surface area contributed by atoms with Crippen LogP contribution in [-0.2, 0) is 4.79 Å². The van der Waals surface area contributed by atoms with E-state index in [2.05, 4.69) is 4.90 Å². The number of ether oxygens (including phenoxy) is 1. The molecule has 5 heteroatoms. The number of Topliss-reactive ketones (excluding diaryl/α,β-unsaturated/α-hetero) is 1. The van der Waals surface area contributed by atoms with Gasteiger partial charge in [0.05, 0.1) is 19.1 Å². The van der Waals surface area contributed by atoms with Crippen LogP contribution in [-0.4, -0.2) is 48.0 Å². The van der Waals surface area contributed by atoms with Gasteiger partial charge in [-0.3, -0.25) is 14.5 Å². The molecule has 0 spiro atoms. The van der Waals surface area contributed by atoms with Gasteiger partial charge in [0, 0.05) is 5.56 Å². The first kappa shape index (κ1) is 15.5. The van der Waals surface area contributed by atoms with Crippen LogP contribution < -0.4 is 4.74 Å². The van der Waals surface area contributed by atoms with Gasteiger partial charge in [-0.05, 0) is 57.1 Å². The Hall–Kier alpha value is -1.88. The minimum atomic E-state index is -0.733. The van der Waals surface area contributed by atoms with Crippen LogP contribution in [0.25, 0.3) is 0 Å². The van der Waals surface area contributed by atoms with Crippen molar-refractivity contribution < 1.29 is 19.4 Å². The van der Waals surface area contributed by atoms with Crippen molar-refractivity contribution in [1.82, 2.24) is 4.90 Å². The average molecular weight is 291 g/mol. The number of hydrogen-bond donors (Lipinski definition) is 1. The number of methoxy groups -OCH3 is 1. The number of hydrogen-bond acceptors (Lipinski definition) is 4. The minimum absolute atomic E-state index is 0.0615. The lowest BCUT2D eigenvalue weighted by Crippen LogP contribution is -2.45. The lowest BCUT2D eigenvalue weighted by molar-refractivity contribution is -0.143. The van der Waals surface area contributed by atoms with Crippen LogP contribution in [0.1, 0.15) is 30.1 Å². The molecule has 1 fully saturated rings. The summed E-state index contributed by atoms with van der Waals surface area (Å²) < 4.78 is 5.08. The highest BCUT2D eigenvalue weighted by atomic mass is 16.5. The molecule has 0 radical (unpaired) electrons. The number of carbonyl (C=O) groups is 2. The summed E-state index contributed by atoms with van der Waals surface area (Å²) in [5, 5.41) is 9.00. The van der Waals surface area contributed by atoms with Crippen LogP contribution in [0.4, 0.5) is 0 Å². The van der Waals surface area contributed by atoms with Gasteiger partial charge in [0.15, 0.2) is 5.78 Å². The smallest absolute Gasteiger partial charge is 0.306 e. The van der Waals surface area contributed by atoms with Gasteiger partial charge in [-0.15, -0.1) is 0 Å². The zero-order valence-electron chi connectivity index (χ0n) is 12.4. The van der Waals surface area contributed by atoms with Crippen LogP contribution in [0.2, 0.25) is 0 Å². The van der Waals surface area contributed by atoms with Crippen molar-refractivity contribution in [2.24, 2.45) is 5.92 Å². The van der Waals surface area contributed by atoms with Crippen molar-refractivity contribution in [2.75, 3.05) is 20.2 Å². The molecule has 114 valence electrons. The van der Waals surface area contributed by atoms with Gasteiger partial charge in [0.25, 0.3) is 0 Å². The molecule has 0 saturated carbocycles. The predicted molar refractivity (Wildman–Crippen MR) is 78.7 cm³/mol. The average Bonchev–Trinajstić information content (AvgIpc) is 2.53. The van der Waals surface area contributed by atoms with E-state index in [0.717, 1.165) is 5.75 Å². The minimum Gasteiger partial charge on any atom is -0.497 e. The van der Waals surface area contributed by atoms with E-state index in [4.69, 9.17) is 9.84 Å². The molecule has 2 rings (SSSR count). The third-order valence-corrected chi connectivity index (χ3v) is 4.18. The highest BCUT2D eigenvalue weighted by Gasteiger charge is 2.29. The highest BCUT2D eigenvalue weighted by Crippen LogP contribution is 2.21. The Bertz CT molecular complexity index is 504. The molecule has 0 amide bonds. The SMILES string of the molecule is COc1ccc(C(=O)C(C)N2CCC(C(=O)O)CC2)cc1. The number of rotatable bonds is 5. The molecule has 1 unspecified atom stereocenters. The zero-order valence-corrected chi connectivity index (χ0v) is 12.4. The number of carboxylic acid groups (broad SMARTS) is 1. The fourth-order valence-electron chi connectivity index (χ4n) is 2.70. The van der Waals surface area contributed by atoms with Crippen LogP contribution >= 0.6 is 0 Å². The summed E-state index contributed by atoms with van der Waals surface area (Å²) >= 11 is 0. The first-order valence-electron chi connectivity index (χ1n) is 7.18. The topological polar surface area (TPSA) is 66.8 Å². The van der Waals surface area contributed by atoms with E-state index in [9.17, 15) is 9.59 Å². The molecule has 5 nitrogen and oxygen atoms in total. The van der Waals surface area contributed by atoms with Crippen molar-refractivity contribution in [2.45, 2.75) is 25.8 Å². The van der Waals surface area contributed by atoms with Crippen LogP contribution in [0.3, 0.4) is 0 Å². The number of nitrogens with zero attached hydrogens (tertiary/aromatic N) is 1. The van der Waals surface area contributed by atoms with E-state index < -0.39 is 5.97 Å². The van der Waals surface area contributed by atoms with Gasteiger partial charge in [-0.2, -0.15) is 0 Å². The molecule has 0 aromatic heterocycles. The fourth-order valence-corrected chi connectivity index (χ4v) is 2.70. The molecule has 1 aliphatic heterocycles. The van der Waals surface area contributed by atoms with E-state index in [-0.39, 0.29) is 17.7 Å². The van der Waals surface area contributed by atoms with Crippen molar-refractivity contribution >= 4 is 11.8 Å².